The minimum atomic E-state index is -0.928. The van der Waals surface area contributed by atoms with Gasteiger partial charge in [0.05, 0.1) is 11.7 Å². The Hall–Kier alpha value is -2.95. The van der Waals surface area contributed by atoms with Crippen LogP contribution in [-0.2, 0) is 11.2 Å². The molecule has 132 valence electrons. The average molecular weight is 348 g/mol. The molecule has 1 aliphatic heterocycles. The Labute approximate surface area is 151 Å². The van der Waals surface area contributed by atoms with Crippen molar-refractivity contribution in [2.75, 3.05) is 0 Å². The Morgan fingerprint density at radius 3 is 2.73 bits per heavy atom. The van der Waals surface area contributed by atoms with Crippen molar-refractivity contribution in [2.45, 2.75) is 32.7 Å². The first kappa shape index (κ1) is 16.5. The molecule has 2 heterocycles. The van der Waals surface area contributed by atoms with E-state index in [2.05, 4.69) is 4.98 Å². The van der Waals surface area contributed by atoms with Gasteiger partial charge in [-0.2, -0.15) is 0 Å². The van der Waals surface area contributed by atoms with Gasteiger partial charge < -0.3 is 5.11 Å². The number of aromatic nitrogens is 2. The van der Waals surface area contributed by atoms with E-state index in [-0.39, 0.29) is 11.6 Å². The number of hydrogen-bond acceptors (Lipinski definition) is 3. The fraction of sp³-hybridized carbons (Fsp3) is 0.286. The topological polar surface area (TPSA) is 72.2 Å². The molecule has 1 aliphatic carbocycles. The number of nitrogens with zero attached hydrogens (tertiary/aromatic N) is 2. The lowest BCUT2D eigenvalue weighted by Crippen LogP contribution is -2.32. The molecule has 1 N–H and O–H groups in total. The van der Waals surface area contributed by atoms with Crippen LogP contribution < -0.4 is 5.56 Å². The Morgan fingerprint density at radius 1 is 1.35 bits per heavy atom. The van der Waals surface area contributed by atoms with E-state index < -0.39 is 11.4 Å². The first-order chi connectivity index (χ1) is 12.5. The summed E-state index contributed by atoms with van der Waals surface area (Å²) in [6.45, 7) is 3.96. The van der Waals surface area contributed by atoms with E-state index in [0.29, 0.717) is 29.9 Å². The number of aliphatic carboxylic acids is 1. The van der Waals surface area contributed by atoms with Gasteiger partial charge in [-0.3, -0.25) is 14.2 Å². The summed E-state index contributed by atoms with van der Waals surface area (Å²) in [5.41, 5.74) is 2.45. The van der Waals surface area contributed by atoms with E-state index in [0.717, 1.165) is 5.56 Å². The molecule has 2 atom stereocenters. The molecule has 1 fully saturated rings. The maximum absolute atomic E-state index is 13.0. The molecule has 1 aromatic heterocycles. The van der Waals surface area contributed by atoms with Gasteiger partial charge in [-0.05, 0) is 37.5 Å². The van der Waals surface area contributed by atoms with Crippen molar-refractivity contribution in [3.05, 3.63) is 68.9 Å². The van der Waals surface area contributed by atoms with Crippen LogP contribution in [0.5, 0.6) is 0 Å². The van der Waals surface area contributed by atoms with Gasteiger partial charge in [0.1, 0.15) is 11.2 Å². The fourth-order valence-electron chi connectivity index (χ4n) is 3.63. The van der Waals surface area contributed by atoms with Crippen molar-refractivity contribution in [1.82, 2.24) is 9.55 Å². The second-order valence-electron chi connectivity index (χ2n) is 7.01. The molecule has 0 radical (unpaired) electrons. The second-order valence-corrected chi connectivity index (χ2v) is 7.01. The van der Waals surface area contributed by atoms with E-state index in [1.807, 2.05) is 50.3 Å². The molecular formula is C21H20N2O3. The van der Waals surface area contributed by atoms with E-state index in [1.54, 1.807) is 16.7 Å². The van der Waals surface area contributed by atoms with Crippen LogP contribution in [0.25, 0.3) is 18.2 Å². The molecule has 0 bridgehead atoms. The van der Waals surface area contributed by atoms with Crippen LogP contribution in [0.1, 0.15) is 47.6 Å². The maximum atomic E-state index is 13.0. The van der Waals surface area contributed by atoms with Crippen molar-refractivity contribution < 1.29 is 9.90 Å². The summed E-state index contributed by atoms with van der Waals surface area (Å²) >= 11 is 0. The van der Waals surface area contributed by atoms with E-state index >= 15 is 0 Å². The third-order valence-electron chi connectivity index (χ3n) is 5.34. The van der Waals surface area contributed by atoms with Gasteiger partial charge in [0.15, 0.2) is 0 Å². The number of carboxylic acid groups (broad SMARTS) is 1. The number of benzene rings is 1. The first-order valence-corrected chi connectivity index (χ1v) is 8.79. The molecule has 0 saturated heterocycles. The lowest BCUT2D eigenvalue weighted by molar-refractivity contribution is -0.141. The normalized spacial score (nSPS) is 22.9. The molecule has 1 saturated carbocycles. The minimum absolute atomic E-state index is 0.126. The Bertz CT molecular complexity index is 1010. The molecule has 2 unspecified atom stereocenters. The molecule has 26 heavy (non-hydrogen) atoms. The highest BCUT2D eigenvalue weighted by atomic mass is 16.4. The zero-order chi connectivity index (χ0) is 18.5. The van der Waals surface area contributed by atoms with E-state index in [4.69, 9.17) is 0 Å². The smallest absolute Gasteiger partial charge is 0.315 e. The van der Waals surface area contributed by atoms with Crippen molar-refractivity contribution in [3.63, 3.8) is 0 Å². The molecule has 0 amide bonds. The summed E-state index contributed by atoms with van der Waals surface area (Å²) in [6, 6.07) is 7.80. The van der Waals surface area contributed by atoms with Gasteiger partial charge in [-0.25, -0.2) is 4.98 Å². The van der Waals surface area contributed by atoms with Crippen LogP contribution in [0.3, 0.4) is 0 Å². The van der Waals surface area contributed by atoms with Crippen LogP contribution in [0.15, 0.2) is 35.1 Å². The quantitative estimate of drug-likeness (QED) is 0.920. The molecule has 5 nitrogen and oxygen atoms in total. The first-order valence-electron chi connectivity index (χ1n) is 8.79. The van der Waals surface area contributed by atoms with Crippen LogP contribution in [0.4, 0.5) is 0 Å². The van der Waals surface area contributed by atoms with Crippen LogP contribution in [-0.4, -0.2) is 20.6 Å². The molecular weight excluding hydrogens is 328 g/mol. The molecule has 4 rings (SSSR count). The second kappa shape index (κ2) is 5.80. The number of fused-ring (bicyclic) bond motifs is 3. The SMILES string of the molecule is CCc1c(/C=C/c2ccc(C)cc2)nc2n(c1=O)C1CC1(C(=O)O)C=C2. The van der Waals surface area contributed by atoms with Crippen LogP contribution in [0.2, 0.25) is 0 Å². The zero-order valence-corrected chi connectivity index (χ0v) is 14.8. The third-order valence-corrected chi connectivity index (χ3v) is 5.34. The van der Waals surface area contributed by atoms with Crippen molar-refractivity contribution in [1.29, 1.82) is 0 Å². The van der Waals surface area contributed by atoms with E-state index in [1.165, 1.54) is 5.56 Å². The van der Waals surface area contributed by atoms with Gasteiger partial charge in [-0.1, -0.05) is 48.9 Å². The number of rotatable bonds is 4. The fourth-order valence-corrected chi connectivity index (χ4v) is 3.63. The van der Waals surface area contributed by atoms with Crippen LogP contribution >= 0.6 is 0 Å². The van der Waals surface area contributed by atoms with Crippen LogP contribution in [0, 0.1) is 12.3 Å². The zero-order valence-electron chi connectivity index (χ0n) is 14.8. The molecule has 0 spiro atoms. The molecule has 1 aromatic carbocycles. The summed E-state index contributed by atoms with van der Waals surface area (Å²) in [5.74, 6) is -0.340. The van der Waals surface area contributed by atoms with Gasteiger partial charge in [0.2, 0.25) is 0 Å². The lowest BCUT2D eigenvalue weighted by Gasteiger charge is -2.19. The Balaban J connectivity index is 1.77. The lowest BCUT2D eigenvalue weighted by atomic mass is 10.0. The summed E-state index contributed by atoms with van der Waals surface area (Å²) in [7, 11) is 0. The predicted octanol–water partition coefficient (Wildman–Crippen LogP) is 3.33. The van der Waals surface area contributed by atoms with Gasteiger partial charge in [0, 0.05) is 5.56 Å². The van der Waals surface area contributed by atoms with Gasteiger partial charge in [-0.15, -0.1) is 0 Å². The highest BCUT2D eigenvalue weighted by molar-refractivity contribution is 5.84. The van der Waals surface area contributed by atoms with Gasteiger partial charge >= 0.3 is 5.97 Å². The predicted molar refractivity (Wildman–Crippen MR) is 101 cm³/mol. The Kier molecular flexibility index (Phi) is 3.68. The number of aryl methyl sites for hydroxylation is 1. The Morgan fingerprint density at radius 2 is 2.08 bits per heavy atom. The number of carbonyl (C=O) groups is 1. The highest BCUT2D eigenvalue weighted by Crippen LogP contribution is 2.59. The molecule has 2 aromatic rings. The summed E-state index contributed by atoms with van der Waals surface area (Å²) in [4.78, 5) is 29.2. The van der Waals surface area contributed by atoms with Gasteiger partial charge in [0.25, 0.3) is 5.56 Å². The minimum Gasteiger partial charge on any atom is -0.481 e. The number of carboxylic acids is 1. The average Bonchev–Trinajstić information content (AvgIpc) is 3.37. The van der Waals surface area contributed by atoms with Crippen molar-refractivity contribution >= 4 is 24.2 Å². The molecule has 5 heteroatoms. The summed E-state index contributed by atoms with van der Waals surface area (Å²) < 4.78 is 1.57. The van der Waals surface area contributed by atoms with E-state index in [9.17, 15) is 14.7 Å². The largest absolute Gasteiger partial charge is 0.481 e. The number of hydrogen-bond donors (Lipinski definition) is 1. The third kappa shape index (κ3) is 2.43. The standard InChI is InChI=1S/C21H20N2O3/c1-3-15-16(9-8-14-6-4-13(2)5-7-14)22-18-10-11-21(20(25)26)12-17(21)23(18)19(15)24/h4-11,17H,3,12H2,1-2H3,(H,25,26)/b9-8+. The van der Waals surface area contributed by atoms with Crippen molar-refractivity contribution in [3.8, 4) is 0 Å². The maximum Gasteiger partial charge on any atom is 0.315 e. The molecule has 2 aliphatic rings. The monoisotopic (exact) mass is 348 g/mol. The highest BCUT2D eigenvalue weighted by Gasteiger charge is 2.62. The van der Waals surface area contributed by atoms with Crippen molar-refractivity contribution in [2.24, 2.45) is 5.41 Å². The summed E-state index contributed by atoms with van der Waals surface area (Å²) in [5, 5.41) is 9.47. The summed E-state index contributed by atoms with van der Waals surface area (Å²) in [6.07, 6.45) is 8.17.